The lowest BCUT2D eigenvalue weighted by Gasteiger charge is -2.29. The number of nitrogens with zero attached hydrogens (tertiary/aromatic N) is 2. The Morgan fingerprint density at radius 2 is 2.30 bits per heavy atom. The molecule has 1 aromatic rings. The van der Waals surface area contributed by atoms with Gasteiger partial charge in [0.1, 0.15) is 0 Å². The molecule has 1 fully saturated rings. The van der Waals surface area contributed by atoms with Gasteiger partial charge in [-0.25, -0.2) is 9.78 Å². The van der Waals surface area contributed by atoms with Crippen molar-refractivity contribution in [3.05, 3.63) is 23.2 Å². The molecule has 2 rings (SSSR count). The van der Waals surface area contributed by atoms with E-state index in [0.717, 1.165) is 19.3 Å². The quantitative estimate of drug-likeness (QED) is 0.450. The van der Waals surface area contributed by atoms with Crippen molar-refractivity contribution in [2.75, 3.05) is 12.3 Å². The van der Waals surface area contributed by atoms with Crippen molar-refractivity contribution in [1.29, 1.82) is 0 Å². The summed E-state index contributed by atoms with van der Waals surface area (Å²) in [4.78, 5) is 29.0. The molecule has 2 atom stereocenters. The molecule has 0 aliphatic carbocycles. The van der Waals surface area contributed by atoms with Crippen LogP contribution in [0.1, 0.15) is 56.9 Å². The number of aromatic carboxylic acids is 1. The molecule has 1 aliphatic rings. The van der Waals surface area contributed by atoms with Crippen molar-refractivity contribution in [3.8, 4) is 0 Å². The third-order valence-electron chi connectivity index (χ3n) is 4.85. The summed E-state index contributed by atoms with van der Waals surface area (Å²) in [5.74, 6) is -0.243. The van der Waals surface area contributed by atoms with Gasteiger partial charge in [0.15, 0.2) is 10.0 Å². The predicted octanol–water partition coefficient (Wildman–Crippen LogP) is 3.67. The van der Waals surface area contributed by atoms with E-state index >= 15 is 0 Å². The van der Waals surface area contributed by atoms with E-state index in [-0.39, 0.29) is 23.1 Å². The van der Waals surface area contributed by atoms with Crippen molar-refractivity contribution >= 4 is 35.0 Å². The molecule has 0 bridgehead atoms. The number of amides is 1. The fourth-order valence-electron chi connectivity index (χ4n) is 3.19. The van der Waals surface area contributed by atoms with Crippen molar-refractivity contribution in [2.45, 2.75) is 62.9 Å². The highest BCUT2D eigenvalue weighted by atomic mass is 32.2. The molecule has 1 saturated heterocycles. The Labute approximate surface area is 168 Å². The van der Waals surface area contributed by atoms with Crippen molar-refractivity contribution in [3.63, 3.8) is 0 Å². The molecule has 0 spiro atoms. The van der Waals surface area contributed by atoms with Crippen molar-refractivity contribution in [1.82, 2.24) is 9.88 Å². The van der Waals surface area contributed by atoms with Crippen LogP contribution in [0.2, 0.25) is 0 Å². The number of hydrogen-bond donors (Lipinski definition) is 2. The highest BCUT2D eigenvalue weighted by Gasteiger charge is 2.30. The summed E-state index contributed by atoms with van der Waals surface area (Å²) in [6.45, 7) is 6.79. The number of carbonyl (C=O) groups is 2. The van der Waals surface area contributed by atoms with Gasteiger partial charge in [0.05, 0.1) is 12.1 Å². The number of likely N-dealkylation sites (tertiary alicyclic amines) is 1. The maximum atomic E-state index is 12.2. The summed E-state index contributed by atoms with van der Waals surface area (Å²) in [5.41, 5.74) is -0.120. The molecule has 0 saturated carbocycles. The van der Waals surface area contributed by atoms with E-state index in [2.05, 4.69) is 25.8 Å². The van der Waals surface area contributed by atoms with Crippen LogP contribution in [-0.4, -0.2) is 56.4 Å². The second-order valence-electron chi connectivity index (χ2n) is 7.41. The van der Waals surface area contributed by atoms with Crippen LogP contribution in [0, 0.1) is 5.41 Å². The van der Waals surface area contributed by atoms with Gasteiger partial charge >= 0.3 is 5.97 Å². The first-order valence-electron chi connectivity index (χ1n) is 9.22. The molecule has 8 heteroatoms. The summed E-state index contributed by atoms with van der Waals surface area (Å²) in [6, 6.07) is 0.0102. The first-order chi connectivity index (χ1) is 12.7. The Kier molecular flexibility index (Phi) is 7.88. The lowest BCUT2D eigenvalue weighted by Crippen LogP contribution is -2.34. The van der Waals surface area contributed by atoms with Gasteiger partial charge in [-0.15, -0.1) is 11.3 Å². The summed E-state index contributed by atoms with van der Waals surface area (Å²) in [5, 5.41) is 20.9. The zero-order valence-corrected chi connectivity index (χ0v) is 17.7. The fourth-order valence-corrected chi connectivity index (χ4v) is 4.99. The average molecular weight is 413 g/mol. The van der Waals surface area contributed by atoms with Crippen LogP contribution in [-0.2, 0) is 4.79 Å². The summed E-state index contributed by atoms with van der Waals surface area (Å²) in [7, 11) is 0. The molecule has 1 aromatic heterocycles. The largest absolute Gasteiger partial charge is 0.476 e. The number of hydrogen-bond acceptors (Lipinski definition) is 6. The number of thiazole rings is 1. The minimum atomic E-state index is -1.03. The van der Waals surface area contributed by atoms with E-state index < -0.39 is 12.1 Å². The van der Waals surface area contributed by atoms with Gasteiger partial charge < -0.3 is 15.1 Å². The van der Waals surface area contributed by atoms with Crippen LogP contribution in [0.5, 0.6) is 0 Å². The molecule has 1 aliphatic heterocycles. The number of carboxylic acid groups (broad SMARTS) is 1. The Morgan fingerprint density at radius 1 is 1.56 bits per heavy atom. The molecule has 27 heavy (non-hydrogen) atoms. The Bertz CT molecular complexity index is 687. The minimum absolute atomic E-state index is 0.0102. The average Bonchev–Trinajstić information content (AvgIpc) is 3.20. The number of carboxylic acids is 1. The maximum absolute atomic E-state index is 12.2. The molecule has 0 radical (unpaired) electrons. The van der Waals surface area contributed by atoms with Gasteiger partial charge in [-0.1, -0.05) is 51.1 Å². The number of thioether (sulfide) groups is 1. The van der Waals surface area contributed by atoms with Gasteiger partial charge in [0.25, 0.3) is 0 Å². The fraction of sp³-hybridized carbons (Fsp3) is 0.632. The van der Waals surface area contributed by atoms with Crippen LogP contribution < -0.4 is 0 Å². The number of aliphatic hydroxyl groups is 1. The lowest BCUT2D eigenvalue weighted by molar-refractivity contribution is -0.128. The number of rotatable bonds is 10. The van der Waals surface area contributed by atoms with Crippen LogP contribution in [0.15, 0.2) is 21.9 Å². The number of aliphatic hydroxyl groups excluding tert-OH is 1. The maximum Gasteiger partial charge on any atom is 0.355 e. The summed E-state index contributed by atoms with van der Waals surface area (Å²) < 4.78 is 0.697. The van der Waals surface area contributed by atoms with E-state index in [4.69, 9.17) is 5.11 Å². The zero-order valence-electron chi connectivity index (χ0n) is 16.1. The topological polar surface area (TPSA) is 90.7 Å². The zero-order chi connectivity index (χ0) is 20.0. The first kappa shape index (κ1) is 21.9. The monoisotopic (exact) mass is 412 g/mol. The Hall–Kier alpha value is -1.38. The van der Waals surface area contributed by atoms with E-state index in [1.54, 1.807) is 0 Å². The van der Waals surface area contributed by atoms with Gasteiger partial charge in [0.2, 0.25) is 5.91 Å². The Morgan fingerprint density at radius 3 is 2.93 bits per heavy atom. The summed E-state index contributed by atoms with van der Waals surface area (Å²) >= 11 is 2.77. The first-order valence-corrected chi connectivity index (χ1v) is 11.1. The highest BCUT2D eigenvalue weighted by molar-refractivity contribution is 8.01. The van der Waals surface area contributed by atoms with E-state index in [1.165, 1.54) is 28.5 Å². The molecule has 6 nitrogen and oxygen atoms in total. The lowest BCUT2D eigenvalue weighted by atomic mass is 9.82. The Balaban J connectivity index is 1.89. The third-order valence-corrected chi connectivity index (χ3v) is 6.85. The molecule has 150 valence electrons. The standard InChI is InChI=1S/C19H28N2O4S2/c1-4-9-19(2,3)15(22)7-5-13-6-8-16(23)21(13)10-11-26-18-20-14(12-27-18)17(24)25/h5,7,12-13,15,22H,4,6,8-11H2,1-3H3,(H,24,25)/t13-,15-/m0/s1. The SMILES string of the molecule is CCCC(C)(C)[C@@H](O)C=C[C@H]1CCC(=O)N1CCSc1nc(C(=O)O)cs1. The predicted molar refractivity (Wildman–Crippen MR) is 108 cm³/mol. The van der Waals surface area contributed by atoms with Gasteiger partial charge in [-0.3, -0.25) is 4.79 Å². The highest BCUT2D eigenvalue weighted by Crippen LogP contribution is 2.29. The van der Waals surface area contributed by atoms with Crippen molar-refractivity contribution in [2.24, 2.45) is 5.41 Å². The van der Waals surface area contributed by atoms with E-state index in [1.807, 2.05) is 17.1 Å². The second kappa shape index (κ2) is 9.71. The third kappa shape index (κ3) is 6.05. The second-order valence-corrected chi connectivity index (χ2v) is 9.61. The normalized spacial score (nSPS) is 19.2. The van der Waals surface area contributed by atoms with Crippen LogP contribution >= 0.6 is 23.1 Å². The molecular weight excluding hydrogens is 384 g/mol. The van der Waals surface area contributed by atoms with Gasteiger partial charge in [-0.05, 0) is 18.3 Å². The van der Waals surface area contributed by atoms with E-state index in [9.17, 15) is 14.7 Å². The van der Waals surface area contributed by atoms with E-state index in [0.29, 0.717) is 23.1 Å². The van der Waals surface area contributed by atoms with Crippen LogP contribution in [0.3, 0.4) is 0 Å². The molecule has 0 aromatic carbocycles. The summed E-state index contributed by atoms with van der Waals surface area (Å²) in [6.07, 6.45) is 6.51. The van der Waals surface area contributed by atoms with Gasteiger partial charge in [-0.2, -0.15) is 0 Å². The molecule has 2 N–H and O–H groups in total. The van der Waals surface area contributed by atoms with Crippen LogP contribution in [0.4, 0.5) is 0 Å². The number of aromatic nitrogens is 1. The molecule has 0 unspecified atom stereocenters. The smallest absolute Gasteiger partial charge is 0.355 e. The van der Waals surface area contributed by atoms with Crippen LogP contribution in [0.25, 0.3) is 0 Å². The molecule has 2 heterocycles. The molecular formula is C19H28N2O4S2. The molecule has 1 amide bonds. The van der Waals surface area contributed by atoms with Crippen molar-refractivity contribution < 1.29 is 19.8 Å². The number of carbonyl (C=O) groups excluding carboxylic acids is 1. The minimum Gasteiger partial charge on any atom is -0.476 e. The van der Waals surface area contributed by atoms with Gasteiger partial charge in [0, 0.05) is 24.1 Å².